The SMILES string of the molecule is C[C@H](c1ccccc1)N(C)C(=O)C[NH+]1CCC[C@H](c2nc3ccccc3s2)C1. The van der Waals surface area contributed by atoms with Gasteiger partial charge in [0.1, 0.15) is 5.01 Å². The number of nitrogens with zero attached hydrogens (tertiary/aromatic N) is 2. The van der Waals surface area contributed by atoms with Gasteiger partial charge in [0.25, 0.3) is 5.91 Å². The van der Waals surface area contributed by atoms with Crippen molar-refractivity contribution >= 4 is 27.5 Å². The Hall–Kier alpha value is -2.24. The van der Waals surface area contributed by atoms with Crippen molar-refractivity contribution in [2.75, 3.05) is 26.7 Å². The van der Waals surface area contributed by atoms with Crippen LogP contribution in [0.3, 0.4) is 0 Å². The summed E-state index contributed by atoms with van der Waals surface area (Å²) in [6.45, 7) is 4.73. The Morgan fingerprint density at radius 1 is 1.21 bits per heavy atom. The Labute approximate surface area is 170 Å². The fourth-order valence-corrected chi connectivity index (χ4v) is 5.20. The maximum atomic E-state index is 12.9. The Kier molecular flexibility index (Phi) is 5.74. The van der Waals surface area contributed by atoms with E-state index in [0.29, 0.717) is 12.5 Å². The number of quaternary nitrogens is 1. The van der Waals surface area contributed by atoms with E-state index in [2.05, 4.69) is 37.3 Å². The Morgan fingerprint density at radius 3 is 2.75 bits per heavy atom. The molecule has 3 aromatic rings. The van der Waals surface area contributed by atoms with Crippen LogP contribution >= 0.6 is 11.3 Å². The van der Waals surface area contributed by atoms with Crippen molar-refractivity contribution in [3.8, 4) is 0 Å². The molecular weight excluding hydrogens is 366 g/mol. The van der Waals surface area contributed by atoms with Gasteiger partial charge in [-0.1, -0.05) is 42.5 Å². The first kappa shape index (κ1) is 19.1. The summed E-state index contributed by atoms with van der Waals surface area (Å²) >= 11 is 1.81. The van der Waals surface area contributed by atoms with Crippen molar-refractivity contribution in [3.05, 3.63) is 65.2 Å². The van der Waals surface area contributed by atoms with Crippen molar-refractivity contribution in [1.82, 2.24) is 9.88 Å². The first-order chi connectivity index (χ1) is 13.6. The van der Waals surface area contributed by atoms with Gasteiger partial charge >= 0.3 is 0 Å². The molecule has 1 N–H and O–H groups in total. The molecule has 1 unspecified atom stereocenters. The predicted octanol–water partition coefficient (Wildman–Crippen LogP) is 3.28. The van der Waals surface area contributed by atoms with Gasteiger partial charge in [0.15, 0.2) is 6.54 Å². The molecule has 4 rings (SSSR count). The maximum Gasteiger partial charge on any atom is 0.278 e. The monoisotopic (exact) mass is 394 g/mol. The summed E-state index contributed by atoms with van der Waals surface area (Å²) in [5, 5.41) is 1.23. The van der Waals surface area contributed by atoms with Gasteiger partial charge in [-0.2, -0.15) is 0 Å². The van der Waals surface area contributed by atoms with E-state index in [9.17, 15) is 4.79 Å². The summed E-state index contributed by atoms with van der Waals surface area (Å²) in [5.74, 6) is 0.683. The van der Waals surface area contributed by atoms with E-state index in [4.69, 9.17) is 4.98 Å². The van der Waals surface area contributed by atoms with Crippen molar-refractivity contribution in [1.29, 1.82) is 0 Å². The zero-order valence-corrected chi connectivity index (χ0v) is 17.4. The molecule has 4 nitrogen and oxygen atoms in total. The van der Waals surface area contributed by atoms with E-state index >= 15 is 0 Å². The molecule has 1 fully saturated rings. The minimum absolute atomic E-state index is 0.0953. The van der Waals surface area contributed by atoms with Crippen molar-refractivity contribution in [3.63, 3.8) is 0 Å². The lowest BCUT2D eigenvalue weighted by atomic mass is 9.98. The summed E-state index contributed by atoms with van der Waals surface area (Å²) in [4.78, 5) is 21.0. The average Bonchev–Trinajstić information content (AvgIpc) is 3.18. The van der Waals surface area contributed by atoms with Crippen LogP contribution in [-0.2, 0) is 4.79 Å². The van der Waals surface area contributed by atoms with Crippen LogP contribution in [0.5, 0.6) is 0 Å². The minimum atomic E-state index is 0.0953. The molecular formula is C23H28N3OS+. The summed E-state index contributed by atoms with van der Waals surface area (Å²) in [6.07, 6.45) is 2.33. The molecule has 0 spiro atoms. The smallest absolute Gasteiger partial charge is 0.278 e. The number of hydrogen-bond donors (Lipinski definition) is 1. The molecule has 3 atom stereocenters. The molecule has 2 aromatic carbocycles. The first-order valence-corrected chi connectivity index (χ1v) is 10.9. The van der Waals surface area contributed by atoms with Gasteiger partial charge in [0.05, 0.1) is 35.3 Å². The predicted molar refractivity (Wildman–Crippen MR) is 115 cm³/mol. The Bertz CT molecular complexity index is 906. The number of thiazole rings is 1. The molecule has 146 valence electrons. The molecule has 2 heterocycles. The van der Waals surface area contributed by atoms with E-state index in [1.54, 1.807) is 0 Å². The number of rotatable bonds is 5. The number of piperidine rings is 1. The number of likely N-dealkylation sites (tertiary alicyclic amines) is 1. The number of likely N-dealkylation sites (N-methyl/N-ethyl adjacent to an activating group) is 1. The Balaban J connectivity index is 1.39. The molecule has 1 aliphatic rings. The second-order valence-electron chi connectivity index (χ2n) is 7.83. The number of amides is 1. The highest BCUT2D eigenvalue weighted by Gasteiger charge is 2.30. The van der Waals surface area contributed by atoms with E-state index in [1.807, 2.05) is 47.5 Å². The lowest BCUT2D eigenvalue weighted by Gasteiger charge is -2.31. The van der Waals surface area contributed by atoms with E-state index in [-0.39, 0.29) is 11.9 Å². The molecule has 28 heavy (non-hydrogen) atoms. The number of carbonyl (C=O) groups excluding carboxylic acids is 1. The lowest BCUT2D eigenvalue weighted by molar-refractivity contribution is -0.898. The topological polar surface area (TPSA) is 37.6 Å². The molecule has 1 aromatic heterocycles. The van der Waals surface area contributed by atoms with Crippen LogP contribution in [0.2, 0.25) is 0 Å². The zero-order valence-electron chi connectivity index (χ0n) is 16.6. The summed E-state index contributed by atoms with van der Waals surface area (Å²) in [7, 11) is 1.93. The summed E-state index contributed by atoms with van der Waals surface area (Å²) in [6, 6.07) is 18.7. The van der Waals surface area contributed by atoms with Crippen LogP contribution in [0.15, 0.2) is 54.6 Å². The highest BCUT2D eigenvalue weighted by molar-refractivity contribution is 7.18. The average molecular weight is 395 g/mol. The number of para-hydroxylation sites is 1. The molecule has 0 saturated carbocycles. The number of nitrogens with one attached hydrogen (secondary N) is 1. The fraction of sp³-hybridized carbons (Fsp3) is 0.391. The van der Waals surface area contributed by atoms with Gasteiger partial charge in [-0.3, -0.25) is 4.79 Å². The molecule has 0 radical (unpaired) electrons. The van der Waals surface area contributed by atoms with Gasteiger partial charge in [0.2, 0.25) is 0 Å². The van der Waals surface area contributed by atoms with Crippen molar-refractivity contribution < 1.29 is 9.69 Å². The highest BCUT2D eigenvalue weighted by Crippen LogP contribution is 2.30. The third-order valence-corrected chi connectivity index (χ3v) is 7.13. The number of benzene rings is 2. The number of carbonyl (C=O) groups is 1. The standard InChI is InChI=1S/C23H27N3OS/c1-17(18-9-4-3-5-10-18)25(2)22(27)16-26-14-8-11-19(15-26)23-24-20-12-6-7-13-21(20)28-23/h3-7,9-10,12-13,17,19H,8,11,14-16H2,1-2H3/p+1/t17-,19+/m1/s1. The van der Waals surface area contributed by atoms with Crippen LogP contribution in [0.25, 0.3) is 10.2 Å². The summed E-state index contributed by atoms with van der Waals surface area (Å²) < 4.78 is 1.26. The molecule has 5 heteroatoms. The van der Waals surface area contributed by atoms with Crippen LogP contribution in [0, 0.1) is 0 Å². The third-order valence-electron chi connectivity index (χ3n) is 5.94. The van der Waals surface area contributed by atoms with Gasteiger partial charge in [-0.25, -0.2) is 4.98 Å². The quantitative estimate of drug-likeness (QED) is 0.721. The normalized spacial score (nSPS) is 20.8. The second-order valence-corrected chi connectivity index (χ2v) is 8.89. The molecule has 1 aliphatic heterocycles. The largest absolute Gasteiger partial charge is 0.334 e. The highest BCUT2D eigenvalue weighted by atomic mass is 32.1. The number of fused-ring (bicyclic) bond motifs is 1. The summed E-state index contributed by atoms with van der Waals surface area (Å²) in [5.41, 5.74) is 2.28. The van der Waals surface area contributed by atoms with Crippen molar-refractivity contribution in [2.24, 2.45) is 0 Å². The maximum absolute atomic E-state index is 12.9. The van der Waals surface area contributed by atoms with Crippen LogP contribution in [0.4, 0.5) is 0 Å². The molecule has 1 amide bonds. The van der Waals surface area contributed by atoms with Gasteiger partial charge in [-0.05, 0) is 37.5 Å². The van der Waals surface area contributed by atoms with Crippen LogP contribution in [-0.4, -0.2) is 42.5 Å². The number of hydrogen-bond acceptors (Lipinski definition) is 3. The first-order valence-electron chi connectivity index (χ1n) is 10.1. The van der Waals surface area contributed by atoms with Gasteiger partial charge < -0.3 is 9.80 Å². The van der Waals surface area contributed by atoms with Gasteiger partial charge in [0, 0.05) is 7.05 Å². The molecule has 0 aliphatic carbocycles. The zero-order chi connectivity index (χ0) is 19.5. The Morgan fingerprint density at radius 2 is 1.96 bits per heavy atom. The van der Waals surface area contributed by atoms with E-state index in [1.165, 1.54) is 26.6 Å². The molecule has 1 saturated heterocycles. The number of aromatic nitrogens is 1. The lowest BCUT2D eigenvalue weighted by Crippen LogP contribution is -3.14. The van der Waals surface area contributed by atoms with E-state index in [0.717, 1.165) is 25.0 Å². The van der Waals surface area contributed by atoms with Crippen LogP contribution in [0.1, 0.15) is 42.3 Å². The fourth-order valence-electron chi connectivity index (χ4n) is 4.10. The minimum Gasteiger partial charge on any atom is -0.334 e. The van der Waals surface area contributed by atoms with Crippen molar-refractivity contribution in [2.45, 2.75) is 31.7 Å². The van der Waals surface area contributed by atoms with E-state index < -0.39 is 0 Å². The third kappa shape index (κ3) is 4.10. The molecule has 0 bridgehead atoms. The van der Waals surface area contributed by atoms with Gasteiger partial charge in [-0.15, -0.1) is 11.3 Å². The second kappa shape index (κ2) is 8.41. The van der Waals surface area contributed by atoms with Crippen LogP contribution < -0.4 is 4.90 Å².